The van der Waals surface area contributed by atoms with Crippen LogP contribution in [0.1, 0.15) is 0 Å². The lowest BCUT2D eigenvalue weighted by Crippen LogP contribution is -2.05. The van der Waals surface area contributed by atoms with E-state index in [-0.39, 0.29) is 30.1 Å². The summed E-state index contributed by atoms with van der Waals surface area (Å²) in [6, 6.07) is 0. The van der Waals surface area contributed by atoms with Crippen molar-refractivity contribution in [2.45, 2.75) is 0 Å². The van der Waals surface area contributed by atoms with Crippen LogP contribution < -0.4 is 29.5 Å². The molecule has 8 heteroatoms. The van der Waals surface area contributed by atoms with E-state index in [0.29, 0.717) is 0 Å². The highest BCUT2D eigenvalue weighted by atomic mass is 15.2. The van der Waals surface area contributed by atoms with Gasteiger partial charge in [0.2, 0.25) is 17.8 Å². The molecule has 64 valence electrons. The summed E-state index contributed by atoms with van der Waals surface area (Å²) >= 11 is 0. The van der Waals surface area contributed by atoms with Crippen molar-refractivity contribution in [3.05, 3.63) is 0 Å². The summed E-state index contributed by atoms with van der Waals surface area (Å²) < 4.78 is 0. The lowest BCUT2D eigenvalue weighted by atomic mass is 10.9. The van der Waals surface area contributed by atoms with E-state index in [1.807, 2.05) is 0 Å². The van der Waals surface area contributed by atoms with Gasteiger partial charge in [-0.15, -0.1) is 0 Å². The van der Waals surface area contributed by atoms with Gasteiger partial charge >= 0.3 is 0 Å². The van der Waals surface area contributed by atoms with Gasteiger partial charge in [0, 0.05) is 0 Å². The lowest BCUT2D eigenvalue weighted by Gasteiger charge is -1.93. The molecule has 0 spiro atoms. The highest BCUT2D eigenvalue weighted by molar-refractivity contribution is 5.33. The Kier molecular flexibility index (Phi) is 4.59. The Morgan fingerprint density at radius 1 is 0.636 bits per heavy atom. The van der Waals surface area contributed by atoms with Crippen LogP contribution in [0.4, 0.5) is 17.8 Å². The van der Waals surface area contributed by atoms with Crippen molar-refractivity contribution < 1.29 is 0 Å². The molecule has 0 aliphatic rings. The fourth-order valence-electron chi connectivity index (χ4n) is 0.427. The summed E-state index contributed by atoms with van der Waals surface area (Å²) in [6.07, 6.45) is 0. The average molecular weight is 160 g/mol. The van der Waals surface area contributed by atoms with E-state index in [1.54, 1.807) is 0 Å². The molecular formula is C3H12N8. The maximum absolute atomic E-state index is 5.14. The van der Waals surface area contributed by atoms with E-state index in [9.17, 15) is 0 Å². The number of rotatable bonds is 0. The molecule has 0 aliphatic carbocycles. The third kappa shape index (κ3) is 3.13. The first-order valence-electron chi connectivity index (χ1n) is 2.21. The number of hydrogen-bond donors (Lipinski definition) is 5. The number of nitrogens with zero attached hydrogens (tertiary/aromatic N) is 3. The topological polar surface area (TPSA) is 187 Å². The summed E-state index contributed by atoms with van der Waals surface area (Å²) in [6.45, 7) is 0. The number of hydrogen-bond acceptors (Lipinski definition) is 8. The Bertz CT molecular complexity index is 170. The summed E-state index contributed by atoms with van der Waals surface area (Å²) in [5.74, 6) is 0.125. The first kappa shape index (κ1) is 12.0. The molecular weight excluding hydrogens is 148 g/mol. The van der Waals surface area contributed by atoms with Gasteiger partial charge in [-0.1, -0.05) is 0 Å². The van der Waals surface area contributed by atoms with Crippen molar-refractivity contribution in [3.63, 3.8) is 0 Å². The molecule has 1 aromatic heterocycles. The minimum Gasteiger partial charge on any atom is -0.368 e. The van der Waals surface area contributed by atoms with Crippen LogP contribution in [0.5, 0.6) is 0 Å². The Morgan fingerprint density at radius 2 is 0.818 bits per heavy atom. The van der Waals surface area contributed by atoms with E-state index >= 15 is 0 Å². The van der Waals surface area contributed by atoms with Crippen molar-refractivity contribution in [2.24, 2.45) is 0 Å². The van der Waals surface area contributed by atoms with Crippen LogP contribution in [-0.4, -0.2) is 15.0 Å². The summed E-state index contributed by atoms with van der Waals surface area (Å²) in [5, 5.41) is 0. The van der Waals surface area contributed by atoms with Crippen molar-refractivity contribution in [2.75, 3.05) is 17.2 Å². The Balaban J connectivity index is 0. The number of anilines is 3. The van der Waals surface area contributed by atoms with Gasteiger partial charge in [0.15, 0.2) is 0 Å². The molecule has 8 nitrogen and oxygen atoms in total. The van der Waals surface area contributed by atoms with Gasteiger partial charge < -0.3 is 29.5 Å². The molecule has 0 saturated carbocycles. The quantitative estimate of drug-likeness (QED) is 0.317. The first-order valence-corrected chi connectivity index (χ1v) is 2.21. The number of nitrogen functional groups attached to an aromatic ring is 3. The summed E-state index contributed by atoms with van der Waals surface area (Å²) in [4.78, 5) is 10.5. The SMILES string of the molecule is N.N.Nc1nc(N)nc(N)n1. The molecule has 0 bridgehead atoms. The molecule has 0 fully saturated rings. The molecule has 12 N–H and O–H groups in total. The summed E-state index contributed by atoms with van der Waals surface area (Å²) in [7, 11) is 0. The van der Waals surface area contributed by atoms with Gasteiger partial charge in [-0.25, -0.2) is 0 Å². The molecule has 1 heterocycles. The van der Waals surface area contributed by atoms with E-state index in [1.165, 1.54) is 0 Å². The van der Waals surface area contributed by atoms with E-state index < -0.39 is 0 Å². The third-order valence-corrected chi connectivity index (χ3v) is 0.687. The van der Waals surface area contributed by atoms with Gasteiger partial charge in [0.1, 0.15) is 0 Å². The second kappa shape index (κ2) is 4.19. The monoisotopic (exact) mass is 160 g/mol. The van der Waals surface area contributed by atoms with Crippen LogP contribution in [-0.2, 0) is 0 Å². The molecule has 1 aromatic rings. The molecule has 0 radical (unpaired) electrons. The number of nitrogens with two attached hydrogens (primary N) is 3. The smallest absolute Gasteiger partial charge is 0.226 e. The zero-order chi connectivity index (χ0) is 6.85. The van der Waals surface area contributed by atoms with E-state index in [0.717, 1.165) is 0 Å². The van der Waals surface area contributed by atoms with E-state index in [2.05, 4.69) is 15.0 Å². The van der Waals surface area contributed by atoms with E-state index in [4.69, 9.17) is 17.2 Å². The van der Waals surface area contributed by atoms with Crippen LogP contribution in [0, 0.1) is 0 Å². The van der Waals surface area contributed by atoms with Gasteiger partial charge in [-0.05, 0) is 0 Å². The molecule has 1 rings (SSSR count). The molecule has 0 aliphatic heterocycles. The molecule has 0 aromatic carbocycles. The molecule has 0 amide bonds. The largest absolute Gasteiger partial charge is 0.368 e. The van der Waals surface area contributed by atoms with Crippen molar-refractivity contribution in [3.8, 4) is 0 Å². The predicted octanol–water partition coefficient (Wildman–Crippen LogP) is -1.06. The molecule has 11 heavy (non-hydrogen) atoms. The lowest BCUT2D eigenvalue weighted by molar-refractivity contribution is 1.09. The van der Waals surface area contributed by atoms with Crippen molar-refractivity contribution >= 4 is 17.8 Å². The standard InChI is InChI=1S/C3H6N6.2H3N/c4-1-7-2(5)9-3(6)8-1;;/h(H6,4,5,6,7,8,9);2*1H3. The maximum atomic E-state index is 5.14. The Labute approximate surface area is 63.4 Å². The predicted molar refractivity (Wildman–Crippen MR) is 43.1 cm³/mol. The second-order valence-electron chi connectivity index (χ2n) is 1.41. The van der Waals surface area contributed by atoms with Gasteiger partial charge in [-0.3, -0.25) is 0 Å². The van der Waals surface area contributed by atoms with Gasteiger partial charge in [-0.2, -0.15) is 15.0 Å². The highest BCUT2D eigenvalue weighted by Gasteiger charge is 1.93. The zero-order valence-corrected chi connectivity index (χ0v) is 5.99. The van der Waals surface area contributed by atoms with Crippen LogP contribution in [0.3, 0.4) is 0 Å². The van der Waals surface area contributed by atoms with Crippen LogP contribution in [0.2, 0.25) is 0 Å². The average Bonchev–Trinajstić information content (AvgIpc) is 1.59. The normalized spacial score (nSPS) is 7.64. The molecule has 0 saturated heterocycles. The Hall–Kier alpha value is -1.67. The zero-order valence-electron chi connectivity index (χ0n) is 5.99. The minimum atomic E-state index is 0. The van der Waals surface area contributed by atoms with Crippen molar-refractivity contribution in [1.29, 1.82) is 0 Å². The van der Waals surface area contributed by atoms with Crippen LogP contribution in [0.25, 0.3) is 0 Å². The van der Waals surface area contributed by atoms with Crippen molar-refractivity contribution in [1.82, 2.24) is 27.3 Å². The van der Waals surface area contributed by atoms with Crippen LogP contribution >= 0.6 is 0 Å². The molecule has 0 atom stereocenters. The molecule has 0 unspecified atom stereocenters. The minimum absolute atomic E-state index is 0. The first-order chi connectivity index (χ1) is 4.18. The number of aromatic nitrogens is 3. The van der Waals surface area contributed by atoms with Gasteiger partial charge in [0.05, 0.1) is 0 Å². The third-order valence-electron chi connectivity index (χ3n) is 0.687. The highest BCUT2D eigenvalue weighted by Crippen LogP contribution is 1.97. The second-order valence-corrected chi connectivity index (χ2v) is 1.41. The van der Waals surface area contributed by atoms with Crippen LogP contribution in [0.15, 0.2) is 0 Å². The summed E-state index contributed by atoms with van der Waals surface area (Å²) in [5.41, 5.74) is 15.4. The Morgan fingerprint density at radius 3 is 1.00 bits per heavy atom. The maximum Gasteiger partial charge on any atom is 0.226 e. The van der Waals surface area contributed by atoms with Gasteiger partial charge in [0.25, 0.3) is 0 Å². The fourth-order valence-corrected chi connectivity index (χ4v) is 0.427. The fraction of sp³-hybridized carbons (Fsp3) is 0.